The number of hydrogen-bond acceptors (Lipinski definition) is 4. The summed E-state index contributed by atoms with van der Waals surface area (Å²) >= 11 is 0. The Balaban J connectivity index is 1.81. The van der Waals surface area contributed by atoms with Crippen LogP contribution in [0, 0.1) is 0 Å². The van der Waals surface area contributed by atoms with Crippen molar-refractivity contribution in [3.8, 4) is 11.3 Å². The van der Waals surface area contributed by atoms with Crippen molar-refractivity contribution >= 4 is 26.6 Å². The third-order valence-corrected chi connectivity index (χ3v) is 7.14. The van der Waals surface area contributed by atoms with Crippen molar-refractivity contribution < 1.29 is 13.2 Å². The van der Waals surface area contributed by atoms with Gasteiger partial charge in [-0.25, -0.2) is 13.4 Å². The van der Waals surface area contributed by atoms with Gasteiger partial charge in [0.1, 0.15) is 0 Å². The smallest absolute Gasteiger partial charge is 0.254 e. The average Bonchev–Trinajstić information content (AvgIpc) is 3.10. The van der Waals surface area contributed by atoms with Gasteiger partial charge in [-0.2, -0.15) is 0 Å². The van der Waals surface area contributed by atoms with Crippen LogP contribution in [-0.4, -0.2) is 48.3 Å². The highest BCUT2D eigenvalue weighted by atomic mass is 32.2. The van der Waals surface area contributed by atoms with E-state index < -0.39 is 9.84 Å². The van der Waals surface area contributed by atoms with Crippen LogP contribution in [0.25, 0.3) is 22.2 Å². The second-order valence-electron chi connectivity index (χ2n) is 7.49. The molecule has 6 heteroatoms. The highest BCUT2D eigenvalue weighted by Gasteiger charge is 2.35. The number of fused-ring (bicyclic) bond motifs is 1. The molecule has 1 aliphatic heterocycles. The van der Waals surface area contributed by atoms with Gasteiger partial charge in [0.15, 0.2) is 9.84 Å². The van der Waals surface area contributed by atoms with Crippen LogP contribution in [0.4, 0.5) is 0 Å². The molecule has 3 aromatic rings. The minimum Gasteiger partial charge on any atom is -0.335 e. The topological polar surface area (TPSA) is 67.3 Å². The Bertz CT molecular complexity index is 1140. The van der Waals surface area contributed by atoms with Crippen LogP contribution < -0.4 is 0 Å². The van der Waals surface area contributed by atoms with Gasteiger partial charge >= 0.3 is 0 Å². The van der Waals surface area contributed by atoms with E-state index in [4.69, 9.17) is 4.98 Å². The van der Waals surface area contributed by atoms with Crippen molar-refractivity contribution in [1.29, 1.82) is 0 Å². The first-order valence-electron chi connectivity index (χ1n) is 9.95. The van der Waals surface area contributed by atoms with Gasteiger partial charge in [0, 0.05) is 23.5 Å². The molecule has 1 fully saturated rings. The first-order valence-corrected chi connectivity index (χ1v) is 11.8. The molecule has 4 rings (SSSR count). The minimum absolute atomic E-state index is 0.0489. The molecular weight excluding hydrogens is 384 g/mol. The van der Waals surface area contributed by atoms with Crippen molar-refractivity contribution in [3.63, 3.8) is 0 Å². The standard InChI is InChI=1S/C23H24N2O3S/c1-2-13-25(18-12-14-29(27,28)16-18)23(26)20-15-22(17-8-4-3-5-9-17)24-21-11-7-6-10-19(20)21/h3-11,15,18H,2,12-14,16H2,1H3. The summed E-state index contributed by atoms with van der Waals surface area (Å²) in [5, 5.41) is 0.791. The number of sulfone groups is 1. The van der Waals surface area contributed by atoms with Crippen LogP contribution in [0.3, 0.4) is 0 Å². The van der Waals surface area contributed by atoms with Crippen LogP contribution in [0.2, 0.25) is 0 Å². The third kappa shape index (κ3) is 4.03. The van der Waals surface area contributed by atoms with E-state index in [2.05, 4.69) is 0 Å². The number of carbonyl (C=O) groups is 1. The monoisotopic (exact) mass is 408 g/mol. The zero-order chi connectivity index (χ0) is 20.4. The van der Waals surface area contributed by atoms with Crippen LogP contribution in [0.15, 0.2) is 60.7 Å². The number of carbonyl (C=O) groups excluding carboxylic acids is 1. The van der Waals surface area contributed by atoms with Crippen molar-refractivity contribution in [2.75, 3.05) is 18.1 Å². The van der Waals surface area contributed by atoms with Gasteiger partial charge in [-0.1, -0.05) is 55.5 Å². The molecule has 1 amide bonds. The molecule has 5 nitrogen and oxygen atoms in total. The highest BCUT2D eigenvalue weighted by molar-refractivity contribution is 7.91. The van der Waals surface area contributed by atoms with Gasteiger partial charge in [-0.3, -0.25) is 4.79 Å². The highest BCUT2D eigenvalue weighted by Crippen LogP contribution is 2.28. The fourth-order valence-corrected chi connectivity index (χ4v) is 5.71. The predicted molar refractivity (Wildman–Crippen MR) is 116 cm³/mol. The SMILES string of the molecule is CCCN(C(=O)c1cc(-c2ccccc2)nc2ccccc12)C1CCS(=O)(=O)C1. The number of para-hydroxylation sites is 1. The van der Waals surface area contributed by atoms with Crippen LogP contribution in [0.5, 0.6) is 0 Å². The Kier molecular flexibility index (Phi) is 5.37. The molecule has 1 unspecified atom stereocenters. The Labute approximate surface area is 171 Å². The van der Waals surface area contributed by atoms with Crippen LogP contribution >= 0.6 is 0 Å². The molecule has 0 aliphatic carbocycles. The largest absolute Gasteiger partial charge is 0.335 e. The summed E-state index contributed by atoms with van der Waals surface area (Å²) in [5.74, 6) is 0.0786. The molecule has 1 aliphatic rings. The molecule has 0 bridgehead atoms. The summed E-state index contributed by atoms with van der Waals surface area (Å²) in [5.41, 5.74) is 3.01. The molecule has 0 spiro atoms. The van der Waals surface area contributed by atoms with Crippen molar-refractivity contribution in [2.24, 2.45) is 0 Å². The number of nitrogens with zero attached hydrogens (tertiary/aromatic N) is 2. The fourth-order valence-electron chi connectivity index (χ4n) is 3.98. The Hall–Kier alpha value is -2.73. The second-order valence-corrected chi connectivity index (χ2v) is 9.72. The maximum absolute atomic E-state index is 13.6. The summed E-state index contributed by atoms with van der Waals surface area (Å²) < 4.78 is 24.0. The Morgan fingerprint density at radius 3 is 2.52 bits per heavy atom. The summed E-state index contributed by atoms with van der Waals surface area (Å²) in [6.07, 6.45) is 1.28. The number of amides is 1. The van der Waals surface area contributed by atoms with E-state index in [1.54, 1.807) is 4.90 Å². The maximum Gasteiger partial charge on any atom is 0.254 e. The second kappa shape index (κ2) is 7.95. The molecular formula is C23H24N2O3S. The average molecular weight is 409 g/mol. The Morgan fingerprint density at radius 1 is 1.10 bits per heavy atom. The molecule has 2 aromatic carbocycles. The lowest BCUT2D eigenvalue weighted by molar-refractivity contribution is 0.0699. The van der Waals surface area contributed by atoms with Crippen LogP contribution in [0.1, 0.15) is 30.1 Å². The molecule has 0 radical (unpaired) electrons. The van der Waals surface area contributed by atoms with Gasteiger partial charge in [-0.05, 0) is 25.0 Å². The van der Waals surface area contributed by atoms with E-state index in [0.29, 0.717) is 18.5 Å². The number of pyridine rings is 1. The molecule has 1 saturated heterocycles. The van der Waals surface area contributed by atoms with Gasteiger partial charge in [0.25, 0.3) is 5.91 Å². The van der Waals surface area contributed by atoms with E-state index in [1.165, 1.54) is 0 Å². The first kappa shape index (κ1) is 19.6. The lowest BCUT2D eigenvalue weighted by atomic mass is 10.0. The molecule has 0 N–H and O–H groups in total. The first-order chi connectivity index (χ1) is 14.0. The lowest BCUT2D eigenvalue weighted by Crippen LogP contribution is -2.41. The maximum atomic E-state index is 13.6. The molecule has 2 heterocycles. The number of hydrogen-bond donors (Lipinski definition) is 0. The van der Waals surface area contributed by atoms with Crippen molar-refractivity contribution in [1.82, 2.24) is 9.88 Å². The van der Waals surface area contributed by atoms with Crippen molar-refractivity contribution in [2.45, 2.75) is 25.8 Å². The molecule has 0 saturated carbocycles. The minimum atomic E-state index is -3.07. The van der Waals surface area contributed by atoms with E-state index in [-0.39, 0.29) is 23.5 Å². The molecule has 29 heavy (non-hydrogen) atoms. The van der Waals surface area contributed by atoms with Gasteiger partial charge < -0.3 is 4.90 Å². The number of benzene rings is 2. The van der Waals surface area contributed by atoms with Gasteiger partial charge in [-0.15, -0.1) is 0 Å². The molecule has 150 valence electrons. The van der Waals surface area contributed by atoms with E-state index in [1.807, 2.05) is 67.6 Å². The normalized spacial score (nSPS) is 18.0. The third-order valence-electron chi connectivity index (χ3n) is 5.39. The van der Waals surface area contributed by atoms with Gasteiger partial charge in [0.2, 0.25) is 0 Å². The number of aromatic nitrogens is 1. The summed E-state index contributed by atoms with van der Waals surface area (Å²) in [7, 11) is -3.07. The van der Waals surface area contributed by atoms with Crippen molar-refractivity contribution in [3.05, 3.63) is 66.2 Å². The van der Waals surface area contributed by atoms with Gasteiger partial charge in [0.05, 0.1) is 28.3 Å². The number of rotatable bonds is 5. The summed E-state index contributed by atoms with van der Waals surface area (Å²) in [6, 6.07) is 19.0. The molecule has 1 aromatic heterocycles. The zero-order valence-corrected chi connectivity index (χ0v) is 17.2. The molecule has 1 atom stereocenters. The summed E-state index contributed by atoms with van der Waals surface area (Å²) in [6.45, 7) is 2.54. The lowest BCUT2D eigenvalue weighted by Gasteiger charge is -2.28. The zero-order valence-electron chi connectivity index (χ0n) is 16.4. The fraction of sp³-hybridized carbons (Fsp3) is 0.304. The van der Waals surface area contributed by atoms with E-state index in [9.17, 15) is 13.2 Å². The quantitative estimate of drug-likeness (QED) is 0.641. The Morgan fingerprint density at radius 2 is 1.83 bits per heavy atom. The van der Waals surface area contributed by atoms with Crippen LogP contribution in [-0.2, 0) is 9.84 Å². The van der Waals surface area contributed by atoms with E-state index in [0.717, 1.165) is 28.6 Å². The predicted octanol–water partition coefficient (Wildman–Crippen LogP) is 3.94. The summed E-state index contributed by atoms with van der Waals surface area (Å²) in [4.78, 5) is 20.1. The van der Waals surface area contributed by atoms with E-state index >= 15 is 0 Å².